The number of aryl methyl sites for hydroxylation is 2. The normalized spacial score (nSPS) is 13.5. The van der Waals surface area contributed by atoms with E-state index in [1.165, 1.54) is 0 Å². The fourth-order valence-corrected chi connectivity index (χ4v) is 4.01. The van der Waals surface area contributed by atoms with Gasteiger partial charge in [-0.3, -0.25) is 5.10 Å². The summed E-state index contributed by atoms with van der Waals surface area (Å²) >= 11 is 5.91. The number of rotatable bonds is 6. The molecule has 1 aromatic heterocycles. The monoisotopic (exact) mass is 356 g/mol. The van der Waals surface area contributed by atoms with Crippen molar-refractivity contribution < 1.29 is 8.42 Å². The maximum Gasteiger partial charge on any atom is 0.244 e. The number of sulfonamides is 1. The topological polar surface area (TPSA) is 78.1 Å². The highest BCUT2D eigenvalue weighted by molar-refractivity contribution is 7.89. The van der Waals surface area contributed by atoms with Crippen molar-refractivity contribution in [3.05, 3.63) is 46.2 Å². The maximum absolute atomic E-state index is 12.5. The predicted molar refractivity (Wildman–Crippen MR) is 91.1 cm³/mol. The first-order valence-electron chi connectivity index (χ1n) is 7.15. The largest absolute Gasteiger partial charge is 0.301 e. The van der Waals surface area contributed by atoms with Crippen LogP contribution >= 0.6 is 11.6 Å². The summed E-state index contributed by atoms with van der Waals surface area (Å²) in [6, 6.07) is 7.29. The SMILES string of the molecule is Cc1n[nH]c(C)c1S(=O)(=O)NCC(c1ccc(Cl)cc1)N(C)C. The quantitative estimate of drug-likeness (QED) is 0.832. The Balaban J connectivity index is 2.20. The van der Waals surface area contributed by atoms with E-state index in [1.807, 2.05) is 31.1 Å². The Morgan fingerprint density at radius 1 is 1.26 bits per heavy atom. The first-order valence-corrected chi connectivity index (χ1v) is 9.01. The molecule has 0 aliphatic carbocycles. The summed E-state index contributed by atoms with van der Waals surface area (Å²) in [6.45, 7) is 3.61. The summed E-state index contributed by atoms with van der Waals surface area (Å²) in [5, 5.41) is 7.29. The molecule has 0 spiro atoms. The van der Waals surface area contributed by atoms with Gasteiger partial charge in [-0.2, -0.15) is 5.10 Å². The molecule has 0 aliphatic heterocycles. The van der Waals surface area contributed by atoms with E-state index >= 15 is 0 Å². The van der Waals surface area contributed by atoms with Gasteiger partial charge in [0.15, 0.2) is 0 Å². The number of nitrogens with one attached hydrogen (secondary N) is 2. The number of aromatic nitrogens is 2. The minimum absolute atomic E-state index is 0.102. The van der Waals surface area contributed by atoms with Crippen LogP contribution in [0.25, 0.3) is 0 Å². The molecule has 23 heavy (non-hydrogen) atoms. The summed E-state index contributed by atoms with van der Waals surface area (Å²) < 4.78 is 27.7. The zero-order chi connectivity index (χ0) is 17.2. The standard InChI is InChI=1S/C15H21ClN4O2S/c1-10-15(11(2)19-18-10)23(21,22)17-9-14(20(3)4)12-5-7-13(16)8-6-12/h5-8,14,17H,9H2,1-4H3,(H,18,19). The van der Waals surface area contributed by atoms with Gasteiger partial charge in [0, 0.05) is 17.6 Å². The van der Waals surface area contributed by atoms with E-state index in [0.29, 0.717) is 16.4 Å². The van der Waals surface area contributed by atoms with Gasteiger partial charge in [-0.05, 0) is 45.6 Å². The third-order valence-electron chi connectivity index (χ3n) is 3.67. The number of aromatic amines is 1. The maximum atomic E-state index is 12.5. The van der Waals surface area contributed by atoms with E-state index in [-0.39, 0.29) is 17.5 Å². The highest BCUT2D eigenvalue weighted by Gasteiger charge is 2.24. The van der Waals surface area contributed by atoms with Crippen LogP contribution in [0.1, 0.15) is 23.0 Å². The van der Waals surface area contributed by atoms with Gasteiger partial charge in [0.1, 0.15) is 4.90 Å². The van der Waals surface area contributed by atoms with E-state index in [4.69, 9.17) is 11.6 Å². The van der Waals surface area contributed by atoms with E-state index in [9.17, 15) is 8.42 Å². The molecular weight excluding hydrogens is 336 g/mol. The van der Waals surface area contributed by atoms with E-state index < -0.39 is 10.0 Å². The van der Waals surface area contributed by atoms with Crippen LogP contribution in [-0.2, 0) is 10.0 Å². The van der Waals surface area contributed by atoms with Crippen molar-refractivity contribution in [1.29, 1.82) is 0 Å². The number of likely N-dealkylation sites (N-methyl/N-ethyl adjacent to an activating group) is 1. The summed E-state index contributed by atoms with van der Waals surface area (Å²) in [5.74, 6) is 0. The average Bonchev–Trinajstić information content (AvgIpc) is 2.80. The molecule has 0 fully saturated rings. The zero-order valence-electron chi connectivity index (χ0n) is 13.6. The van der Waals surface area contributed by atoms with Crippen LogP contribution in [0.5, 0.6) is 0 Å². The number of benzene rings is 1. The number of H-pyrrole nitrogens is 1. The second-order valence-electron chi connectivity index (χ2n) is 5.65. The first-order chi connectivity index (χ1) is 10.7. The van der Waals surface area contributed by atoms with Crippen LogP contribution in [0, 0.1) is 13.8 Å². The molecule has 0 aliphatic rings. The fraction of sp³-hybridized carbons (Fsp3) is 0.400. The van der Waals surface area contributed by atoms with Gasteiger partial charge in [0.2, 0.25) is 10.0 Å². The second-order valence-corrected chi connectivity index (χ2v) is 7.79. The van der Waals surface area contributed by atoms with Gasteiger partial charge >= 0.3 is 0 Å². The number of hydrogen-bond donors (Lipinski definition) is 2. The van der Waals surface area contributed by atoms with E-state index in [1.54, 1.807) is 26.0 Å². The number of halogens is 1. The first kappa shape index (κ1) is 17.9. The number of nitrogens with zero attached hydrogens (tertiary/aromatic N) is 2. The van der Waals surface area contributed by atoms with E-state index in [0.717, 1.165) is 5.56 Å². The molecule has 1 heterocycles. The van der Waals surface area contributed by atoms with Crippen molar-refractivity contribution >= 4 is 21.6 Å². The predicted octanol–water partition coefficient (Wildman–Crippen LogP) is 2.26. The van der Waals surface area contributed by atoms with Crippen molar-refractivity contribution in [2.24, 2.45) is 0 Å². The minimum Gasteiger partial charge on any atom is -0.301 e. The Morgan fingerprint density at radius 2 is 1.87 bits per heavy atom. The van der Waals surface area contributed by atoms with Crippen LogP contribution in [0.4, 0.5) is 0 Å². The summed E-state index contributed by atoms with van der Waals surface area (Å²) in [4.78, 5) is 2.17. The summed E-state index contributed by atoms with van der Waals surface area (Å²) in [5.41, 5.74) is 1.98. The van der Waals surface area contributed by atoms with Crippen molar-refractivity contribution in [3.63, 3.8) is 0 Å². The molecule has 0 amide bonds. The van der Waals surface area contributed by atoms with Crippen LogP contribution in [0.15, 0.2) is 29.2 Å². The minimum atomic E-state index is -3.62. The van der Waals surface area contributed by atoms with Gasteiger partial charge in [0.05, 0.1) is 11.4 Å². The summed E-state index contributed by atoms with van der Waals surface area (Å²) in [6.07, 6.45) is 0. The summed E-state index contributed by atoms with van der Waals surface area (Å²) in [7, 11) is 0.190. The molecule has 8 heteroatoms. The third kappa shape index (κ3) is 4.11. The lowest BCUT2D eigenvalue weighted by Crippen LogP contribution is -2.34. The Kier molecular flexibility index (Phi) is 5.46. The molecule has 2 rings (SSSR count). The Morgan fingerprint density at radius 3 is 2.35 bits per heavy atom. The molecule has 2 N–H and O–H groups in total. The Labute approximate surface area is 141 Å². The Hall–Kier alpha value is -1.41. The Bertz CT molecular complexity index is 750. The van der Waals surface area contributed by atoms with Gasteiger partial charge in [-0.15, -0.1) is 0 Å². The highest BCUT2D eigenvalue weighted by atomic mass is 35.5. The fourth-order valence-electron chi connectivity index (χ4n) is 2.48. The highest BCUT2D eigenvalue weighted by Crippen LogP contribution is 2.22. The second kappa shape index (κ2) is 7.00. The van der Waals surface area contributed by atoms with Crippen molar-refractivity contribution in [1.82, 2.24) is 19.8 Å². The van der Waals surface area contributed by atoms with Crippen LogP contribution in [0.2, 0.25) is 5.02 Å². The third-order valence-corrected chi connectivity index (χ3v) is 5.61. The van der Waals surface area contributed by atoms with Crippen molar-refractivity contribution in [2.75, 3.05) is 20.6 Å². The van der Waals surface area contributed by atoms with Gasteiger partial charge in [-0.25, -0.2) is 13.1 Å². The number of hydrogen-bond acceptors (Lipinski definition) is 4. The molecule has 1 aromatic carbocycles. The van der Waals surface area contributed by atoms with Crippen molar-refractivity contribution in [2.45, 2.75) is 24.8 Å². The van der Waals surface area contributed by atoms with Gasteiger partial charge < -0.3 is 4.90 Å². The van der Waals surface area contributed by atoms with Crippen LogP contribution < -0.4 is 4.72 Å². The van der Waals surface area contributed by atoms with Crippen LogP contribution in [-0.4, -0.2) is 44.2 Å². The van der Waals surface area contributed by atoms with E-state index in [2.05, 4.69) is 14.9 Å². The lowest BCUT2D eigenvalue weighted by molar-refractivity contribution is 0.299. The molecule has 0 radical (unpaired) electrons. The average molecular weight is 357 g/mol. The lowest BCUT2D eigenvalue weighted by Gasteiger charge is -2.25. The molecule has 0 saturated heterocycles. The molecule has 0 bridgehead atoms. The smallest absolute Gasteiger partial charge is 0.244 e. The molecule has 126 valence electrons. The zero-order valence-corrected chi connectivity index (χ0v) is 15.2. The lowest BCUT2D eigenvalue weighted by atomic mass is 10.1. The van der Waals surface area contributed by atoms with Gasteiger partial charge in [-0.1, -0.05) is 23.7 Å². The molecular formula is C15H21ClN4O2S. The van der Waals surface area contributed by atoms with Crippen molar-refractivity contribution in [3.8, 4) is 0 Å². The molecule has 0 saturated carbocycles. The molecule has 6 nitrogen and oxygen atoms in total. The van der Waals surface area contributed by atoms with Gasteiger partial charge in [0.25, 0.3) is 0 Å². The molecule has 1 unspecified atom stereocenters. The molecule has 2 aromatic rings. The van der Waals surface area contributed by atoms with Crippen LogP contribution in [0.3, 0.4) is 0 Å². The molecule has 1 atom stereocenters.